The fraction of sp³-hybridized carbons (Fsp3) is 0.833. The van der Waals surface area contributed by atoms with Gasteiger partial charge in [0, 0.05) is 12.6 Å². The molecule has 0 bridgehead atoms. The Labute approximate surface area is 97.6 Å². The maximum absolute atomic E-state index is 11.9. The molecule has 0 radical (unpaired) electrons. The number of hydrogen-bond donors (Lipinski definition) is 1. The SMILES string of the molecule is CCC(C)NC(=O)C(C)N1CCCC1C#N. The van der Waals surface area contributed by atoms with E-state index in [0.717, 1.165) is 25.8 Å². The number of nitriles is 1. The van der Waals surface area contributed by atoms with Crippen LogP contribution in [0.15, 0.2) is 0 Å². The van der Waals surface area contributed by atoms with Crippen LogP contribution in [0.5, 0.6) is 0 Å². The minimum absolute atomic E-state index is 0.0384. The van der Waals surface area contributed by atoms with Crippen LogP contribution in [0.4, 0.5) is 0 Å². The van der Waals surface area contributed by atoms with E-state index in [-0.39, 0.29) is 24.0 Å². The number of likely N-dealkylation sites (tertiary alicyclic amines) is 1. The summed E-state index contributed by atoms with van der Waals surface area (Å²) in [6.07, 6.45) is 2.83. The van der Waals surface area contributed by atoms with Crippen molar-refractivity contribution < 1.29 is 4.79 Å². The lowest BCUT2D eigenvalue weighted by Gasteiger charge is -2.27. The molecule has 3 atom stereocenters. The van der Waals surface area contributed by atoms with Gasteiger partial charge >= 0.3 is 0 Å². The van der Waals surface area contributed by atoms with Crippen molar-refractivity contribution in [2.75, 3.05) is 6.54 Å². The summed E-state index contributed by atoms with van der Waals surface area (Å²) in [5.41, 5.74) is 0. The van der Waals surface area contributed by atoms with Crippen LogP contribution in [0.25, 0.3) is 0 Å². The number of amides is 1. The van der Waals surface area contributed by atoms with Crippen LogP contribution < -0.4 is 5.32 Å². The monoisotopic (exact) mass is 223 g/mol. The van der Waals surface area contributed by atoms with Crippen molar-refractivity contribution in [3.8, 4) is 6.07 Å². The van der Waals surface area contributed by atoms with Gasteiger partial charge in [0.15, 0.2) is 0 Å². The summed E-state index contributed by atoms with van der Waals surface area (Å²) in [7, 11) is 0. The average molecular weight is 223 g/mol. The van der Waals surface area contributed by atoms with Crippen LogP contribution in [-0.4, -0.2) is 35.5 Å². The zero-order chi connectivity index (χ0) is 12.1. The Hall–Kier alpha value is -1.08. The highest BCUT2D eigenvalue weighted by Gasteiger charge is 2.32. The van der Waals surface area contributed by atoms with E-state index >= 15 is 0 Å². The third kappa shape index (κ3) is 2.96. The highest BCUT2D eigenvalue weighted by molar-refractivity contribution is 5.81. The Morgan fingerprint density at radius 3 is 2.88 bits per heavy atom. The summed E-state index contributed by atoms with van der Waals surface area (Å²) in [6.45, 7) is 6.78. The van der Waals surface area contributed by atoms with E-state index in [2.05, 4.69) is 11.4 Å². The highest BCUT2D eigenvalue weighted by atomic mass is 16.2. The lowest BCUT2D eigenvalue weighted by atomic mass is 10.2. The molecule has 1 heterocycles. The van der Waals surface area contributed by atoms with Gasteiger partial charge in [0.05, 0.1) is 18.2 Å². The van der Waals surface area contributed by atoms with Gasteiger partial charge in [0.25, 0.3) is 0 Å². The second kappa shape index (κ2) is 5.86. The molecular weight excluding hydrogens is 202 g/mol. The molecule has 1 fully saturated rings. The molecule has 1 rings (SSSR count). The summed E-state index contributed by atoms with van der Waals surface area (Å²) in [5, 5.41) is 11.9. The zero-order valence-corrected chi connectivity index (χ0v) is 10.4. The van der Waals surface area contributed by atoms with Crippen molar-refractivity contribution in [1.82, 2.24) is 10.2 Å². The summed E-state index contributed by atoms with van der Waals surface area (Å²) in [5.74, 6) is 0.0384. The number of hydrogen-bond acceptors (Lipinski definition) is 3. The second-order valence-electron chi connectivity index (χ2n) is 4.52. The molecule has 0 aliphatic carbocycles. The van der Waals surface area contributed by atoms with Gasteiger partial charge in [-0.05, 0) is 33.1 Å². The number of carbonyl (C=O) groups is 1. The Morgan fingerprint density at radius 1 is 1.62 bits per heavy atom. The van der Waals surface area contributed by atoms with Crippen molar-refractivity contribution in [2.45, 2.75) is 58.2 Å². The molecule has 0 saturated carbocycles. The van der Waals surface area contributed by atoms with E-state index in [1.165, 1.54) is 0 Å². The quantitative estimate of drug-likeness (QED) is 0.781. The van der Waals surface area contributed by atoms with E-state index in [4.69, 9.17) is 5.26 Å². The summed E-state index contributed by atoms with van der Waals surface area (Å²) < 4.78 is 0. The van der Waals surface area contributed by atoms with Crippen molar-refractivity contribution in [3.63, 3.8) is 0 Å². The number of carbonyl (C=O) groups excluding carboxylic acids is 1. The van der Waals surface area contributed by atoms with Gasteiger partial charge in [-0.15, -0.1) is 0 Å². The van der Waals surface area contributed by atoms with Gasteiger partial charge in [-0.3, -0.25) is 9.69 Å². The van der Waals surface area contributed by atoms with Crippen molar-refractivity contribution in [2.24, 2.45) is 0 Å². The lowest BCUT2D eigenvalue weighted by Crippen LogP contribution is -2.48. The van der Waals surface area contributed by atoms with Crippen LogP contribution in [0.2, 0.25) is 0 Å². The number of nitrogens with zero attached hydrogens (tertiary/aromatic N) is 2. The molecule has 1 saturated heterocycles. The molecule has 90 valence electrons. The molecule has 4 heteroatoms. The maximum Gasteiger partial charge on any atom is 0.237 e. The Balaban J connectivity index is 2.53. The Bertz CT molecular complexity index is 284. The fourth-order valence-electron chi connectivity index (χ4n) is 2.01. The first kappa shape index (κ1) is 13.0. The minimum Gasteiger partial charge on any atom is -0.352 e. The largest absolute Gasteiger partial charge is 0.352 e. The standard InChI is InChI=1S/C12H21N3O/c1-4-9(2)14-12(16)10(3)15-7-5-6-11(15)8-13/h9-11H,4-7H2,1-3H3,(H,14,16). The van der Waals surface area contributed by atoms with E-state index in [1.807, 2.05) is 25.7 Å². The van der Waals surface area contributed by atoms with E-state index in [0.29, 0.717) is 0 Å². The highest BCUT2D eigenvalue weighted by Crippen LogP contribution is 2.19. The maximum atomic E-state index is 11.9. The number of nitrogens with one attached hydrogen (secondary N) is 1. The van der Waals surface area contributed by atoms with Crippen molar-refractivity contribution in [3.05, 3.63) is 0 Å². The van der Waals surface area contributed by atoms with Gasteiger partial charge < -0.3 is 5.32 Å². The second-order valence-corrected chi connectivity index (χ2v) is 4.52. The molecule has 0 aromatic carbocycles. The topological polar surface area (TPSA) is 56.1 Å². The van der Waals surface area contributed by atoms with Gasteiger partial charge in [-0.2, -0.15) is 5.26 Å². The third-order valence-corrected chi connectivity index (χ3v) is 3.32. The van der Waals surface area contributed by atoms with Gasteiger partial charge in [0.1, 0.15) is 0 Å². The summed E-state index contributed by atoms with van der Waals surface area (Å²) >= 11 is 0. The van der Waals surface area contributed by atoms with Gasteiger partial charge in [-0.25, -0.2) is 0 Å². The molecular formula is C12H21N3O. The smallest absolute Gasteiger partial charge is 0.237 e. The van der Waals surface area contributed by atoms with Gasteiger partial charge in [0.2, 0.25) is 5.91 Å². The van der Waals surface area contributed by atoms with E-state index in [1.54, 1.807) is 0 Å². The first-order valence-electron chi connectivity index (χ1n) is 6.05. The molecule has 1 amide bonds. The van der Waals surface area contributed by atoms with Crippen molar-refractivity contribution >= 4 is 5.91 Å². The predicted molar refractivity (Wildman–Crippen MR) is 62.7 cm³/mol. The number of rotatable bonds is 4. The molecule has 3 unspecified atom stereocenters. The van der Waals surface area contributed by atoms with E-state index < -0.39 is 0 Å². The molecule has 16 heavy (non-hydrogen) atoms. The molecule has 0 spiro atoms. The third-order valence-electron chi connectivity index (χ3n) is 3.32. The Kier molecular flexibility index (Phi) is 4.75. The molecule has 1 aliphatic rings. The molecule has 0 aromatic heterocycles. The van der Waals surface area contributed by atoms with Crippen LogP contribution in [-0.2, 0) is 4.79 Å². The normalized spacial score (nSPS) is 24.8. The zero-order valence-electron chi connectivity index (χ0n) is 10.4. The predicted octanol–water partition coefficient (Wildman–Crippen LogP) is 1.28. The molecule has 4 nitrogen and oxygen atoms in total. The molecule has 0 aromatic rings. The van der Waals surface area contributed by atoms with E-state index in [9.17, 15) is 4.79 Å². The lowest BCUT2D eigenvalue weighted by molar-refractivity contribution is -0.126. The Morgan fingerprint density at radius 2 is 2.31 bits per heavy atom. The minimum atomic E-state index is -0.193. The van der Waals surface area contributed by atoms with Gasteiger partial charge in [-0.1, -0.05) is 6.92 Å². The van der Waals surface area contributed by atoms with Crippen LogP contribution in [0, 0.1) is 11.3 Å². The fourth-order valence-corrected chi connectivity index (χ4v) is 2.01. The van der Waals surface area contributed by atoms with Crippen LogP contribution >= 0.6 is 0 Å². The van der Waals surface area contributed by atoms with Crippen LogP contribution in [0.3, 0.4) is 0 Å². The average Bonchev–Trinajstić information content (AvgIpc) is 2.75. The first-order chi connectivity index (χ1) is 7.60. The molecule has 1 N–H and O–H groups in total. The van der Waals surface area contributed by atoms with Crippen LogP contribution in [0.1, 0.15) is 40.0 Å². The summed E-state index contributed by atoms with van der Waals surface area (Å²) in [6, 6.07) is 2.19. The molecule has 1 aliphatic heterocycles. The summed E-state index contributed by atoms with van der Waals surface area (Å²) in [4.78, 5) is 13.9. The first-order valence-corrected chi connectivity index (χ1v) is 6.05. The van der Waals surface area contributed by atoms with Crippen molar-refractivity contribution in [1.29, 1.82) is 5.26 Å².